The third-order valence-corrected chi connectivity index (χ3v) is 4.26. The Labute approximate surface area is 132 Å². The zero-order chi connectivity index (χ0) is 16.4. The van der Waals surface area contributed by atoms with Crippen molar-refractivity contribution in [3.63, 3.8) is 0 Å². The second-order valence-corrected chi connectivity index (χ2v) is 5.82. The number of hydrogen-bond donors (Lipinski definition) is 1. The minimum absolute atomic E-state index is 0.0225. The first-order valence-corrected chi connectivity index (χ1v) is 7.63. The van der Waals surface area contributed by atoms with E-state index in [0.717, 1.165) is 25.3 Å². The summed E-state index contributed by atoms with van der Waals surface area (Å²) < 4.78 is 45.0. The van der Waals surface area contributed by atoms with Crippen LogP contribution in [0.1, 0.15) is 48.1 Å². The van der Waals surface area contributed by atoms with Crippen LogP contribution in [-0.2, 0) is 12.7 Å². The molecular weight excluding hydrogens is 307 g/mol. The molecule has 0 radical (unpaired) electrons. The summed E-state index contributed by atoms with van der Waals surface area (Å²) in [4.78, 5) is 0. The van der Waals surface area contributed by atoms with Gasteiger partial charge in [0, 0.05) is 13.0 Å². The van der Waals surface area contributed by atoms with Gasteiger partial charge in [-0.2, -0.15) is 13.2 Å². The highest BCUT2D eigenvalue weighted by Crippen LogP contribution is 2.41. The Morgan fingerprint density at radius 3 is 2.70 bits per heavy atom. The molecule has 1 aromatic carbocycles. The Balaban J connectivity index is 1.77. The van der Waals surface area contributed by atoms with Crippen molar-refractivity contribution in [2.45, 2.75) is 50.9 Å². The maximum atomic E-state index is 13.2. The van der Waals surface area contributed by atoms with Gasteiger partial charge in [-0.25, -0.2) is 0 Å². The van der Waals surface area contributed by atoms with Crippen molar-refractivity contribution in [1.29, 1.82) is 0 Å². The van der Waals surface area contributed by atoms with Gasteiger partial charge < -0.3 is 9.73 Å². The Kier molecular flexibility index (Phi) is 4.39. The molecule has 1 N–H and O–H groups in total. The molecule has 1 aliphatic rings. The first-order chi connectivity index (χ1) is 10.9. The summed E-state index contributed by atoms with van der Waals surface area (Å²) in [5.74, 6) is 0.779. The number of benzene rings is 1. The van der Waals surface area contributed by atoms with Crippen molar-refractivity contribution in [1.82, 2.24) is 15.5 Å². The number of aromatic nitrogens is 2. The second kappa shape index (κ2) is 6.31. The van der Waals surface area contributed by atoms with Gasteiger partial charge in [-0.3, -0.25) is 0 Å². The Hall–Kier alpha value is -1.89. The summed E-state index contributed by atoms with van der Waals surface area (Å²) in [5.41, 5.74) is -0.163. The quantitative estimate of drug-likeness (QED) is 0.928. The lowest BCUT2D eigenvalue weighted by Gasteiger charge is -2.24. The molecule has 1 aromatic heterocycles. The van der Waals surface area contributed by atoms with Gasteiger partial charge in [0.15, 0.2) is 0 Å². The third kappa shape index (κ3) is 3.55. The lowest BCUT2D eigenvalue weighted by molar-refractivity contribution is -0.138. The monoisotopic (exact) mass is 325 g/mol. The van der Waals surface area contributed by atoms with E-state index in [1.54, 1.807) is 19.1 Å². The predicted molar refractivity (Wildman–Crippen MR) is 77.7 cm³/mol. The van der Waals surface area contributed by atoms with Crippen molar-refractivity contribution >= 4 is 0 Å². The van der Waals surface area contributed by atoms with Gasteiger partial charge in [0.05, 0.1) is 12.1 Å². The van der Waals surface area contributed by atoms with Gasteiger partial charge >= 0.3 is 6.18 Å². The molecule has 23 heavy (non-hydrogen) atoms. The molecule has 2 atom stereocenters. The Morgan fingerprint density at radius 1 is 1.22 bits per heavy atom. The van der Waals surface area contributed by atoms with E-state index in [2.05, 4.69) is 15.5 Å². The zero-order valence-corrected chi connectivity index (χ0v) is 12.7. The molecule has 2 aromatic rings. The number of rotatable bonds is 4. The van der Waals surface area contributed by atoms with Gasteiger partial charge in [-0.1, -0.05) is 24.6 Å². The molecule has 2 unspecified atom stereocenters. The van der Waals surface area contributed by atoms with Crippen LogP contribution in [0.2, 0.25) is 0 Å². The largest absolute Gasteiger partial charge is 0.424 e. The smallest absolute Gasteiger partial charge is 0.416 e. The summed E-state index contributed by atoms with van der Waals surface area (Å²) in [5, 5.41) is 10.9. The van der Waals surface area contributed by atoms with Crippen LogP contribution in [0.25, 0.3) is 0 Å². The molecule has 0 saturated heterocycles. The molecule has 0 bridgehead atoms. The highest BCUT2D eigenvalue weighted by Gasteiger charge is 2.38. The average Bonchev–Trinajstić information content (AvgIpc) is 3.13. The number of halogens is 3. The number of alkyl halides is 3. The Morgan fingerprint density at radius 2 is 2.00 bits per heavy atom. The molecule has 4 nitrogen and oxygen atoms in total. The average molecular weight is 325 g/mol. The molecule has 124 valence electrons. The first kappa shape index (κ1) is 16.0. The standard InChI is InChI=1S/C16H18F3N3O/c1-10-21-22-15(23-10)9-20-14-8-4-6-12(14)11-5-2-3-7-13(11)16(17,18)19/h2-3,5,7,12,14,20H,4,6,8-9H2,1H3. The van der Waals surface area contributed by atoms with Gasteiger partial charge in [-0.05, 0) is 30.4 Å². The van der Waals surface area contributed by atoms with Gasteiger partial charge in [0.25, 0.3) is 0 Å². The van der Waals surface area contributed by atoms with Gasteiger partial charge in [0.2, 0.25) is 11.8 Å². The summed E-state index contributed by atoms with van der Waals surface area (Å²) in [6.07, 6.45) is -1.84. The summed E-state index contributed by atoms with van der Waals surface area (Å²) in [7, 11) is 0. The van der Waals surface area contributed by atoms with E-state index < -0.39 is 11.7 Å². The fourth-order valence-corrected chi connectivity index (χ4v) is 3.28. The molecule has 1 aliphatic carbocycles. The van der Waals surface area contributed by atoms with Crippen LogP contribution in [0.5, 0.6) is 0 Å². The molecule has 1 saturated carbocycles. The van der Waals surface area contributed by atoms with Crippen LogP contribution in [0.15, 0.2) is 28.7 Å². The summed E-state index contributed by atoms with van der Waals surface area (Å²) in [6, 6.07) is 5.83. The molecule has 1 fully saturated rings. The van der Waals surface area contributed by atoms with E-state index in [0.29, 0.717) is 23.9 Å². The molecular formula is C16H18F3N3O. The predicted octanol–water partition coefficient (Wildman–Crippen LogP) is 3.82. The van der Waals surface area contributed by atoms with Crippen molar-refractivity contribution in [2.24, 2.45) is 0 Å². The highest BCUT2D eigenvalue weighted by molar-refractivity contribution is 5.34. The third-order valence-electron chi connectivity index (χ3n) is 4.26. The van der Waals surface area contributed by atoms with E-state index in [1.807, 2.05) is 0 Å². The molecule has 0 spiro atoms. The zero-order valence-electron chi connectivity index (χ0n) is 12.7. The van der Waals surface area contributed by atoms with E-state index in [1.165, 1.54) is 6.07 Å². The number of nitrogens with one attached hydrogen (secondary N) is 1. The number of hydrogen-bond acceptors (Lipinski definition) is 4. The minimum atomic E-state index is -4.33. The van der Waals surface area contributed by atoms with E-state index in [-0.39, 0.29) is 12.0 Å². The molecule has 7 heteroatoms. The van der Waals surface area contributed by atoms with Crippen molar-refractivity contribution in [3.05, 3.63) is 47.2 Å². The van der Waals surface area contributed by atoms with Crippen LogP contribution in [0.3, 0.4) is 0 Å². The van der Waals surface area contributed by atoms with Gasteiger partial charge in [0.1, 0.15) is 0 Å². The summed E-state index contributed by atoms with van der Waals surface area (Å²) >= 11 is 0. The maximum Gasteiger partial charge on any atom is 0.416 e. The van der Waals surface area contributed by atoms with E-state index >= 15 is 0 Å². The fraction of sp³-hybridized carbons (Fsp3) is 0.500. The van der Waals surface area contributed by atoms with Crippen LogP contribution in [-0.4, -0.2) is 16.2 Å². The first-order valence-electron chi connectivity index (χ1n) is 7.63. The maximum absolute atomic E-state index is 13.2. The lowest BCUT2D eigenvalue weighted by Crippen LogP contribution is -2.31. The van der Waals surface area contributed by atoms with Crippen LogP contribution in [0.4, 0.5) is 13.2 Å². The van der Waals surface area contributed by atoms with Crippen LogP contribution < -0.4 is 5.32 Å². The molecule has 0 amide bonds. The van der Waals surface area contributed by atoms with Gasteiger partial charge in [-0.15, -0.1) is 10.2 Å². The topological polar surface area (TPSA) is 51.0 Å². The number of nitrogens with zero attached hydrogens (tertiary/aromatic N) is 2. The fourth-order valence-electron chi connectivity index (χ4n) is 3.28. The normalized spacial score (nSPS) is 21.7. The summed E-state index contributed by atoms with van der Waals surface area (Å²) in [6.45, 7) is 2.07. The van der Waals surface area contributed by atoms with Crippen LogP contribution >= 0.6 is 0 Å². The van der Waals surface area contributed by atoms with Crippen LogP contribution in [0, 0.1) is 6.92 Å². The second-order valence-electron chi connectivity index (χ2n) is 5.82. The number of aryl methyl sites for hydroxylation is 1. The highest BCUT2D eigenvalue weighted by atomic mass is 19.4. The molecule has 3 rings (SSSR count). The SMILES string of the molecule is Cc1nnc(CNC2CCCC2c2ccccc2C(F)(F)F)o1. The minimum Gasteiger partial charge on any atom is -0.424 e. The van der Waals surface area contributed by atoms with E-state index in [4.69, 9.17) is 4.42 Å². The lowest BCUT2D eigenvalue weighted by atomic mass is 9.90. The molecule has 0 aliphatic heterocycles. The van der Waals surface area contributed by atoms with Crippen molar-refractivity contribution in [3.8, 4) is 0 Å². The van der Waals surface area contributed by atoms with Crippen molar-refractivity contribution in [2.75, 3.05) is 0 Å². The van der Waals surface area contributed by atoms with Crippen molar-refractivity contribution < 1.29 is 17.6 Å². The Bertz CT molecular complexity index is 669. The molecule has 1 heterocycles. The van der Waals surface area contributed by atoms with E-state index in [9.17, 15) is 13.2 Å².